The van der Waals surface area contributed by atoms with Crippen LogP contribution >= 0.6 is 23.4 Å². The first-order valence-electron chi connectivity index (χ1n) is 10.2. The Labute approximate surface area is 201 Å². The van der Waals surface area contributed by atoms with E-state index in [0.717, 1.165) is 22.4 Å². The van der Waals surface area contributed by atoms with Gasteiger partial charge in [0.1, 0.15) is 5.75 Å². The van der Waals surface area contributed by atoms with Crippen molar-refractivity contribution in [3.8, 4) is 22.8 Å². The Morgan fingerprint density at radius 1 is 1.12 bits per heavy atom. The maximum absolute atomic E-state index is 12.7. The van der Waals surface area contributed by atoms with E-state index in [2.05, 4.69) is 20.5 Å². The molecule has 0 atom stereocenters. The molecule has 4 aromatic rings. The third-order valence-corrected chi connectivity index (χ3v) is 6.35. The molecule has 2 aromatic heterocycles. The van der Waals surface area contributed by atoms with Gasteiger partial charge in [0.2, 0.25) is 5.91 Å². The van der Waals surface area contributed by atoms with Crippen molar-refractivity contribution < 1.29 is 9.53 Å². The number of nitrogens with zero attached hydrogens (tertiary/aromatic N) is 4. The van der Waals surface area contributed by atoms with Gasteiger partial charge in [0.25, 0.3) is 0 Å². The molecule has 1 N–H and O–H groups in total. The Morgan fingerprint density at radius 3 is 2.67 bits per heavy atom. The molecular formula is C24H22ClN5O2S. The molecule has 0 aliphatic carbocycles. The number of anilines is 1. The SMILES string of the molecule is COc1ccc(C)cc1NC(=O)CSc1nnc(-c2ccncc2)n1-c1cccc(Cl)c1C. The second-order valence-electron chi connectivity index (χ2n) is 7.30. The second-order valence-corrected chi connectivity index (χ2v) is 8.65. The highest BCUT2D eigenvalue weighted by Gasteiger charge is 2.19. The lowest BCUT2D eigenvalue weighted by atomic mass is 10.2. The molecule has 0 spiro atoms. The van der Waals surface area contributed by atoms with Gasteiger partial charge in [-0.2, -0.15) is 0 Å². The lowest BCUT2D eigenvalue weighted by Crippen LogP contribution is -2.15. The number of thioether (sulfide) groups is 1. The molecule has 0 aliphatic heterocycles. The van der Waals surface area contributed by atoms with Gasteiger partial charge in [-0.3, -0.25) is 14.3 Å². The second kappa shape index (κ2) is 10.1. The van der Waals surface area contributed by atoms with Crippen LogP contribution in [0, 0.1) is 13.8 Å². The first-order valence-corrected chi connectivity index (χ1v) is 11.5. The van der Waals surface area contributed by atoms with E-state index in [-0.39, 0.29) is 11.7 Å². The molecule has 0 aliphatic rings. The van der Waals surface area contributed by atoms with E-state index >= 15 is 0 Å². The number of carbonyl (C=O) groups is 1. The van der Waals surface area contributed by atoms with Gasteiger partial charge < -0.3 is 10.1 Å². The molecule has 0 fully saturated rings. The molecule has 7 nitrogen and oxygen atoms in total. The molecule has 0 bridgehead atoms. The minimum Gasteiger partial charge on any atom is -0.495 e. The quantitative estimate of drug-likeness (QED) is 0.360. The summed E-state index contributed by atoms with van der Waals surface area (Å²) in [6.07, 6.45) is 3.41. The number of aryl methyl sites for hydroxylation is 1. The van der Waals surface area contributed by atoms with Gasteiger partial charge in [-0.25, -0.2) is 0 Å². The number of benzene rings is 2. The van der Waals surface area contributed by atoms with Crippen LogP contribution in [-0.2, 0) is 4.79 Å². The van der Waals surface area contributed by atoms with Crippen LogP contribution in [0.15, 0.2) is 66.1 Å². The van der Waals surface area contributed by atoms with Gasteiger partial charge in [-0.15, -0.1) is 10.2 Å². The van der Waals surface area contributed by atoms with Gasteiger partial charge in [0.15, 0.2) is 11.0 Å². The standard InChI is InChI=1S/C24H22ClN5O2S/c1-15-7-8-21(32-3)19(13-15)27-22(31)14-33-24-29-28-23(17-9-11-26-12-10-17)30(24)20-6-4-5-18(25)16(20)2/h4-13H,14H2,1-3H3,(H,27,31). The molecule has 2 heterocycles. The smallest absolute Gasteiger partial charge is 0.234 e. The monoisotopic (exact) mass is 479 g/mol. The summed E-state index contributed by atoms with van der Waals surface area (Å²) >= 11 is 7.69. The fraction of sp³-hybridized carbons (Fsp3) is 0.167. The van der Waals surface area contributed by atoms with Gasteiger partial charge >= 0.3 is 0 Å². The number of halogens is 1. The van der Waals surface area contributed by atoms with Crippen molar-refractivity contribution in [2.24, 2.45) is 0 Å². The average Bonchev–Trinajstić information content (AvgIpc) is 3.24. The number of pyridine rings is 1. The minimum atomic E-state index is -0.174. The molecule has 9 heteroatoms. The fourth-order valence-electron chi connectivity index (χ4n) is 3.34. The van der Waals surface area contributed by atoms with Crippen LogP contribution in [0.3, 0.4) is 0 Å². The Bertz CT molecular complexity index is 1290. The Morgan fingerprint density at radius 2 is 1.91 bits per heavy atom. The number of methoxy groups -OCH3 is 1. The Balaban J connectivity index is 1.63. The van der Waals surface area contributed by atoms with Crippen LogP contribution in [0.4, 0.5) is 5.69 Å². The van der Waals surface area contributed by atoms with E-state index in [4.69, 9.17) is 16.3 Å². The van der Waals surface area contributed by atoms with Gasteiger partial charge in [0, 0.05) is 23.0 Å². The van der Waals surface area contributed by atoms with Crippen LogP contribution in [0.1, 0.15) is 11.1 Å². The van der Waals surface area contributed by atoms with E-state index in [1.165, 1.54) is 11.8 Å². The molecule has 168 valence electrons. The number of carbonyl (C=O) groups excluding carboxylic acids is 1. The third-order valence-electron chi connectivity index (χ3n) is 5.01. The van der Waals surface area contributed by atoms with E-state index in [1.807, 2.05) is 66.9 Å². The van der Waals surface area contributed by atoms with Crippen molar-refractivity contribution in [1.82, 2.24) is 19.7 Å². The topological polar surface area (TPSA) is 81.9 Å². The molecule has 1 amide bonds. The van der Waals surface area contributed by atoms with Crippen LogP contribution in [-0.4, -0.2) is 38.5 Å². The van der Waals surface area contributed by atoms with E-state index in [9.17, 15) is 4.79 Å². The molecule has 0 radical (unpaired) electrons. The maximum Gasteiger partial charge on any atom is 0.234 e. The number of ether oxygens (including phenoxy) is 1. The Kier molecular flexibility index (Phi) is 6.96. The van der Waals surface area contributed by atoms with Crippen molar-refractivity contribution in [1.29, 1.82) is 0 Å². The van der Waals surface area contributed by atoms with Crippen molar-refractivity contribution in [2.45, 2.75) is 19.0 Å². The van der Waals surface area contributed by atoms with Crippen molar-refractivity contribution in [3.05, 3.63) is 77.1 Å². The van der Waals surface area contributed by atoms with Crippen LogP contribution in [0.25, 0.3) is 17.1 Å². The van der Waals surface area contributed by atoms with Crippen LogP contribution in [0.2, 0.25) is 5.02 Å². The summed E-state index contributed by atoms with van der Waals surface area (Å²) in [5.41, 5.74) is 4.26. The number of hydrogen-bond acceptors (Lipinski definition) is 6. The number of aromatic nitrogens is 4. The predicted octanol–water partition coefficient (Wildman–Crippen LogP) is 5.34. The highest BCUT2D eigenvalue weighted by molar-refractivity contribution is 7.99. The Hall–Kier alpha value is -3.36. The lowest BCUT2D eigenvalue weighted by molar-refractivity contribution is -0.113. The molecule has 2 aromatic carbocycles. The zero-order valence-electron chi connectivity index (χ0n) is 18.4. The summed E-state index contributed by atoms with van der Waals surface area (Å²) in [6, 6.07) is 15.0. The highest BCUT2D eigenvalue weighted by atomic mass is 35.5. The first-order chi connectivity index (χ1) is 16.0. The highest BCUT2D eigenvalue weighted by Crippen LogP contribution is 2.32. The van der Waals surface area contributed by atoms with Crippen LogP contribution in [0.5, 0.6) is 5.75 Å². The van der Waals surface area contributed by atoms with Gasteiger partial charge in [0.05, 0.1) is 24.2 Å². The molecule has 33 heavy (non-hydrogen) atoms. The molecule has 0 unspecified atom stereocenters. The van der Waals surface area contributed by atoms with Crippen molar-refractivity contribution >= 4 is 35.0 Å². The van der Waals surface area contributed by atoms with E-state index in [0.29, 0.717) is 27.4 Å². The van der Waals surface area contributed by atoms with Gasteiger partial charge in [-0.1, -0.05) is 35.5 Å². The molecule has 0 saturated carbocycles. The third kappa shape index (κ3) is 5.02. The van der Waals surface area contributed by atoms with Crippen molar-refractivity contribution in [3.63, 3.8) is 0 Å². The zero-order chi connectivity index (χ0) is 23.4. The van der Waals surface area contributed by atoms with E-state index < -0.39 is 0 Å². The van der Waals surface area contributed by atoms with Gasteiger partial charge in [-0.05, 0) is 61.4 Å². The van der Waals surface area contributed by atoms with Crippen LogP contribution < -0.4 is 10.1 Å². The molecule has 4 rings (SSSR count). The normalized spacial score (nSPS) is 10.8. The largest absolute Gasteiger partial charge is 0.495 e. The number of nitrogens with one attached hydrogen (secondary N) is 1. The zero-order valence-corrected chi connectivity index (χ0v) is 19.9. The summed E-state index contributed by atoms with van der Waals surface area (Å²) in [6.45, 7) is 3.90. The summed E-state index contributed by atoms with van der Waals surface area (Å²) in [5, 5.41) is 12.9. The molecule has 0 saturated heterocycles. The molecular weight excluding hydrogens is 458 g/mol. The fourth-order valence-corrected chi connectivity index (χ4v) is 4.26. The summed E-state index contributed by atoms with van der Waals surface area (Å²) in [5.74, 6) is 1.22. The number of hydrogen-bond donors (Lipinski definition) is 1. The van der Waals surface area contributed by atoms with E-state index in [1.54, 1.807) is 19.5 Å². The number of amides is 1. The maximum atomic E-state index is 12.7. The summed E-state index contributed by atoms with van der Waals surface area (Å²) in [7, 11) is 1.57. The first kappa shape index (κ1) is 22.8. The average molecular weight is 480 g/mol. The summed E-state index contributed by atoms with van der Waals surface area (Å²) in [4.78, 5) is 16.8. The lowest BCUT2D eigenvalue weighted by Gasteiger charge is -2.14. The van der Waals surface area contributed by atoms with Crippen molar-refractivity contribution in [2.75, 3.05) is 18.2 Å². The number of rotatable bonds is 7. The predicted molar refractivity (Wildman–Crippen MR) is 131 cm³/mol. The minimum absolute atomic E-state index is 0.144. The summed E-state index contributed by atoms with van der Waals surface area (Å²) < 4.78 is 7.27.